The van der Waals surface area contributed by atoms with E-state index in [1.807, 2.05) is 12.1 Å². The highest BCUT2D eigenvalue weighted by Gasteiger charge is 2.15. The Balaban J connectivity index is 2.08. The van der Waals surface area contributed by atoms with Crippen LogP contribution in [-0.4, -0.2) is 17.7 Å². The average Bonchev–Trinajstić information content (AvgIpc) is 2.97. The lowest BCUT2D eigenvalue weighted by molar-refractivity contribution is 0.628. The van der Waals surface area contributed by atoms with E-state index in [0.717, 1.165) is 37.2 Å². The van der Waals surface area contributed by atoms with Gasteiger partial charge in [-0.05, 0) is 73.4 Å². The summed E-state index contributed by atoms with van der Waals surface area (Å²) in [6.45, 7) is 8.69. The maximum Gasteiger partial charge on any atom is 0.123 e. The van der Waals surface area contributed by atoms with Crippen LogP contribution in [0.15, 0.2) is 54.6 Å². The van der Waals surface area contributed by atoms with Gasteiger partial charge >= 0.3 is 0 Å². The van der Waals surface area contributed by atoms with Crippen LogP contribution in [0.4, 0.5) is 10.1 Å². The van der Waals surface area contributed by atoms with Gasteiger partial charge in [-0.3, -0.25) is 0 Å². The number of anilines is 1. The Kier molecular flexibility index (Phi) is 6.00. The van der Waals surface area contributed by atoms with E-state index in [-0.39, 0.29) is 5.82 Å². The molecule has 3 heteroatoms. The lowest BCUT2D eigenvalue weighted by Crippen LogP contribution is -2.24. The summed E-state index contributed by atoms with van der Waals surface area (Å²) in [6, 6.07) is 17.8. The van der Waals surface area contributed by atoms with E-state index >= 15 is 0 Å². The average molecular weight is 365 g/mol. The van der Waals surface area contributed by atoms with Gasteiger partial charge in [0.15, 0.2) is 0 Å². The molecule has 142 valence electrons. The molecule has 0 aliphatic carbocycles. The second-order valence-corrected chi connectivity index (χ2v) is 7.15. The summed E-state index contributed by atoms with van der Waals surface area (Å²) in [5.74, 6) is -0.206. The number of hydrogen-bond donors (Lipinski definition) is 0. The Bertz CT molecular complexity index is 887. The zero-order chi connectivity index (χ0) is 19.4. The van der Waals surface area contributed by atoms with E-state index in [1.165, 1.54) is 34.6 Å². The predicted octanol–water partition coefficient (Wildman–Crippen LogP) is 6.43. The first kappa shape index (κ1) is 19.2. The van der Waals surface area contributed by atoms with Crippen LogP contribution in [0.5, 0.6) is 0 Å². The zero-order valence-corrected chi connectivity index (χ0v) is 16.8. The standard InChI is InChI=1S/C24H29FN2/c1-5-14-27(15-6-2)22-9-7-8-20(17-22)23-16-18(3)26(4)24(23)19-10-12-21(25)13-11-19/h7-13,16-17H,5-6,14-15H2,1-4H3. The highest BCUT2D eigenvalue weighted by atomic mass is 19.1. The van der Waals surface area contributed by atoms with Crippen molar-refractivity contribution in [1.82, 2.24) is 4.57 Å². The summed E-state index contributed by atoms with van der Waals surface area (Å²) in [7, 11) is 2.07. The molecule has 0 atom stereocenters. The molecule has 3 rings (SSSR count). The molecule has 0 saturated heterocycles. The maximum absolute atomic E-state index is 13.4. The van der Waals surface area contributed by atoms with E-state index in [9.17, 15) is 4.39 Å². The van der Waals surface area contributed by atoms with Crippen molar-refractivity contribution in [3.63, 3.8) is 0 Å². The number of aromatic nitrogens is 1. The number of halogens is 1. The van der Waals surface area contributed by atoms with E-state index in [2.05, 4.69) is 67.6 Å². The van der Waals surface area contributed by atoms with Crippen molar-refractivity contribution in [2.75, 3.05) is 18.0 Å². The molecule has 0 bridgehead atoms. The molecule has 2 nitrogen and oxygen atoms in total. The SMILES string of the molecule is CCCN(CCC)c1cccc(-c2cc(C)n(C)c2-c2ccc(F)cc2)c1. The molecule has 3 aromatic rings. The van der Waals surface area contributed by atoms with Crippen LogP contribution >= 0.6 is 0 Å². The highest BCUT2D eigenvalue weighted by molar-refractivity contribution is 5.84. The topological polar surface area (TPSA) is 8.17 Å². The van der Waals surface area contributed by atoms with Crippen molar-refractivity contribution >= 4 is 5.69 Å². The first-order valence-corrected chi connectivity index (χ1v) is 9.82. The van der Waals surface area contributed by atoms with E-state index in [4.69, 9.17) is 0 Å². The van der Waals surface area contributed by atoms with Crippen LogP contribution in [0.1, 0.15) is 32.4 Å². The van der Waals surface area contributed by atoms with Gasteiger partial charge in [-0.25, -0.2) is 4.39 Å². The Morgan fingerprint density at radius 2 is 1.56 bits per heavy atom. The van der Waals surface area contributed by atoms with Crippen LogP contribution in [0.2, 0.25) is 0 Å². The fourth-order valence-electron chi connectivity index (χ4n) is 3.69. The van der Waals surface area contributed by atoms with E-state index in [1.54, 1.807) is 0 Å². The molecule has 0 radical (unpaired) electrons. The first-order chi connectivity index (χ1) is 13.0. The number of benzene rings is 2. The summed E-state index contributed by atoms with van der Waals surface area (Å²) in [6.07, 6.45) is 2.27. The van der Waals surface area contributed by atoms with Crippen LogP contribution in [0.25, 0.3) is 22.4 Å². The highest BCUT2D eigenvalue weighted by Crippen LogP contribution is 2.36. The van der Waals surface area contributed by atoms with E-state index in [0.29, 0.717) is 0 Å². The van der Waals surface area contributed by atoms with Gasteiger partial charge in [0.1, 0.15) is 5.82 Å². The van der Waals surface area contributed by atoms with Crippen LogP contribution in [0.3, 0.4) is 0 Å². The molecule has 0 N–H and O–H groups in total. The fraction of sp³-hybridized carbons (Fsp3) is 0.333. The lowest BCUT2D eigenvalue weighted by Gasteiger charge is -2.24. The molecule has 0 unspecified atom stereocenters. The van der Waals surface area contributed by atoms with Gasteiger partial charge < -0.3 is 9.47 Å². The van der Waals surface area contributed by atoms with Crippen LogP contribution in [0, 0.1) is 12.7 Å². The van der Waals surface area contributed by atoms with Gasteiger partial charge in [0, 0.05) is 37.1 Å². The first-order valence-electron chi connectivity index (χ1n) is 9.82. The molecule has 0 aliphatic rings. The van der Waals surface area contributed by atoms with Gasteiger partial charge in [0.2, 0.25) is 0 Å². The largest absolute Gasteiger partial charge is 0.372 e. The quantitative estimate of drug-likeness (QED) is 0.469. The molecular weight excluding hydrogens is 335 g/mol. The number of hydrogen-bond acceptors (Lipinski definition) is 1. The summed E-state index contributed by atoms with van der Waals surface area (Å²) >= 11 is 0. The zero-order valence-electron chi connectivity index (χ0n) is 16.8. The molecular formula is C24H29FN2. The van der Waals surface area contributed by atoms with Crippen molar-refractivity contribution in [3.05, 3.63) is 66.1 Å². The molecule has 1 heterocycles. The minimum absolute atomic E-state index is 0.206. The maximum atomic E-state index is 13.4. The number of aryl methyl sites for hydroxylation is 1. The van der Waals surface area contributed by atoms with Gasteiger partial charge in [-0.2, -0.15) is 0 Å². The fourth-order valence-corrected chi connectivity index (χ4v) is 3.69. The van der Waals surface area contributed by atoms with Crippen molar-refractivity contribution < 1.29 is 4.39 Å². The minimum Gasteiger partial charge on any atom is -0.372 e. The second-order valence-electron chi connectivity index (χ2n) is 7.15. The van der Waals surface area contributed by atoms with Gasteiger partial charge in [0.25, 0.3) is 0 Å². The van der Waals surface area contributed by atoms with E-state index < -0.39 is 0 Å². The monoisotopic (exact) mass is 364 g/mol. The second kappa shape index (κ2) is 8.43. The molecule has 1 aromatic heterocycles. The Morgan fingerprint density at radius 1 is 0.889 bits per heavy atom. The Morgan fingerprint density at radius 3 is 2.19 bits per heavy atom. The normalized spacial score (nSPS) is 11.0. The number of nitrogens with zero attached hydrogens (tertiary/aromatic N) is 2. The predicted molar refractivity (Wildman–Crippen MR) is 114 cm³/mol. The van der Waals surface area contributed by atoms with Crippen molar-refractivity contribution in [1.29, 1.82) is 0 Å². The summed E-state index contributed by atoms with van der Waals surface area (Å²) in [5, 5.41) is 0. The third kappa shape index (κ3) is 4.08. The third-order valence-electron chi connectivity index (χ3n) is 5.10. The molecule has 27 heavy (non-hydrogen) atoms. The summed E-state index contributed by atoms with van der Waals surface area (Å²) < 4.78 is 15.6. The number of rotatable bonds is 7. The van der Waals surface area contributed by atoms with Crippen molar-refractivity contribution in [3.8, 4) is 22.4 Å². The summed E-state index contributed by atoms with van der Waals surface area (Å²) in [5.41, 5.74) is 7.01. The minimum atomic E-state index is -0.206. The van der Waals surface area contributed by atoms with Gasteiger partial charge in [0.05, 0.1) is 5.69 Å². The molecule has 0 amide bonds. The van der Waals surface area contributed by atoms with Gasteiger partial charge in [-0.1, -0.05) is 26.0 Å². The Labute approximate surface area is 162 Å². The molecule has 0 saturated carbocycles. The molecule has 2 aromatic carbocycles. The summed E-state index contributed by atoms with van der Waals surface area (Å²) in [4.78, 5) is 2.46. The molecule has 0 spiro atoms. The van der Waals surface area contributed by atoms with Crippen molar-refractivity contribution in [2.24, 2.45) is 7.05 Å². The van der Waals surface area contributed by atoms with Crippen LogP contribution < -0.4 is 4.90 Å². The molecule has 0 fully saturated rings. The Hall–Kier alpha value is -2.55. The van der Waals surface area contributed by atoms with Crippen LogP contribution in [-0.2, 0) is 7.05 Å². The smallest absolute Gasteiger partial charge is 0.123 e. The lowest BCUT2D eigenvalue weighted by atomic mass is 10.0. The van der Waals surface area contributed by atoms with Crippen molar-refractivity contribution in [2.45, 2.75) is 33.6 Å². The molecule has 0 aliphatic heterocycles. The van der Waals surface area contributed by atoms with Gasteiger partial charge in [-0.15, -0.1) is 0 Å². The third-order valence-corrected chi connectivity index (χ3v) is 5.10.